The lowest BCUT2D eigenvalue weighted by Crippen LogP contribution is -2.48. The van der Waals surface area contributed by atoms with Crippen LogP contribution in [0, 0.1) is 29.1 Å². The van der Waals surface area contributed by atoms with Crippen LogP contribution in [0.3, 0.4) is 0 Å². The van der Waals surface area contributed by atoms with E-state index in [9.17, 15) is 4.79 Å². The lowest BCUT2D eigenvalue weighted by molar-refractivity contribution is -0.129. The Balaban J connectivity index is 2.05. The average molecular weight is 262 g/mol. The highest BCUT2D eigenvalue weighted by Crippen LogP contribution is 2.46. The zero-order valence-electron chi connectivity index (χ0n) is 12.4. The normalized spacial score (nSPS) is 38.3. The van der Waals surface area contributed by atoms with E-state index < -0.39 is 0 Å². The van der Waals surface area contributed by atoms with Gasteiger partial charge in [0.05, 0.1) is 0 Å². The van der Waals surface area contributed by atoms with Crippen LogP contribution >= 0.6 is 0 Å². The summed E-state index contributed by atoms with van der Waals surface area (Å²) >= 11 is 0. The molecule has 2 aliphatic rings. The molecular weight excluding hydrogens is 236 g/mol. The van der Waals surface area contributed by atoms with Gasteiger partial charge in [0.2, 0.25) is 5.91 Å². The second kappa shape index (κ2) is 4.83. The van der Waals surface area contributed by atoms with Gasteiger partial charge in [-0.15, -0.1) is 12.3 Å². The van der Waals surface area contributed by atoms with Crippen LogP contribution < -0.4 is 5.73 Å². The molecule has 0 aromatic rings. The molecule has 106 valence electrons. The van der Waals surface area contributed by atoms with Crippen molar-refractivity contribution in [1.82, 2.24) is 4.90 Å². The Bertz CT molecular complexity index is 409. The summed E-state index contributed by atoms with van der Waals surface area (Å²) in [6.45, 7) is 8.35. The van der Waals surface area contributed by atoms with Gasteiger partial charge in [-0.1, -0.05) is 20.8 Å². The molecule has 2 N–H and O–H groups in total. The highest BCUT2D eigenvalue weighted by Gasteiger charge is 2.42. The Hall–Kier alpha value is -1.01. The summed E-state index contributed by atoms with van der Waals surface area (Å²) in [7, 11) is 0. The Kier molecular flexibility index (Phi) is 3.66. The largest absolute Gasteiger partial charge is 0.341 e. The van der Waals surface area contributed by atoms with Crippen molar-refractivity contribution in [3.05, 3.63) is 0 Å². The topological polar surface area (TPSA) is 46.3 Å². The average Bonchev–Trinajstić information content (AvgIpc) is 2.55. The summed E-state index contributed by atoms with van der Waals surface area (Å²) in [5.74, 6) is 3.02. The van der Waals surface area contributed by atoms with Gasteiger partial charge < -0.3 is 10.6 Å². The van der Waals surface area contributed by atoms with Gasteiger partial charge >= 0.3 is 0 Å². The Morgan fingerprint density at radius 1 is 1.42 bits per heavy atom. The van der Waals surface area contributed by atoms with Crippen LogP contribution in [0.1, 0.15) is 46.5 Å². The third-order valence-electron chi connectivity index (χ3n) is 4.50. The first-order valence-electron chi connectivity index (χ1n) is 7.23. The maximum absolute atomic E-state index is 12.0. The molecule has 1 aliphatic heterocycles. The van der Waals surface area contributed by atoms with Crippen LogP contribution in [0.2, 0.25) is 0 Å². The summed E-state index contributed by atoms with van der Waals surface area (Å²) in [5.41, 5.74) is 6.60. The van der Waals surface area contributed by atoms with E-state index >= 15 is 0 Å². The summed E-state index contributed by atoms with van der Waals surface area (Å²) in [5, 5.41) is 0. The molecule has 1 heterocycles. The molecule has 2 rings (SSSR count). The SMILES string of the molecule is C#CC1CC(=O)N(CC2(C)CC(N)CC(C)(C)C2)C1. The highest BCUT2D eigenvalue weighted by atomic mass is 16.2. The van der Waals surface area contributed by atoms with Gasteiger partial charge in [0.25, 0.3) is 0 Å². The fourth-order valence-electron chi connectivity index (χ4n) is 4.33. The van der Waals surface area contributed by atoms with Gasteiger partial charge in [-0.05, 0) is 30.1 Å². The molecule has 19 heavy (non-hydrogen) atoms. The van der Waals surface area contributed by atoms with Crippen LogP contribution in [-0.2, 0) is 4.79 Å². The van der Waals surface area contributed by atoms with Crippen LogP contribution in [0.4, 0.5) is 0 Å². The van der Waals surface area contributed by atoms with Gasteiger partial charge in [-0.2, -0.15) is 0 Å². The van der Waals surface area contributed by atoms with Crippen molar-refractivity contribution in [3.8, 4) is 12.3 Å². The van der Waals surface area contributed by atoms with E-state index in [1.54, 1.807) is 0 Å². The molecule has 1 aliphatic carbocycles. The summed E-state index contributed by atoms with van der Waals surface area (Å²) < 4.78 is 0. The number of nitrogens with two attached hydrogens (primary N) is 1. The van der Waals surface area contributed by atoms with Gasteiger partial charge in [-0.25, -0.2) is 0 Å². The molecule has 1 saturated carbocycles. The minimum absolute atomic E-state index is 0.0985. The van der Waals surface area contributed by atoms with Crippen LogP contribution in [0.25, 0.3) is 0 Å². The van der Waals surface area contributed by atoms with Crippen LogP contribution in [0.5, 0.6) is 0 Å². The maximum atomic E-state index is 12.0. The van der Waals surface area contributed by atoms with Crippen molar-refractivity contribution in [2.24, 2.45) is 22.5 Å². The molecule has 1 saturated heterocycles. The van der Waals surface area contributed by atoms with Crippen molar-refractivity contribution >= 4 is 5.91 Å². The number of carbonyl (C=O) groups excluding carboxylic acids is 1. The molecule has 1 amide bonds. The highest BCUT2D eigenvalue weighted by molar-refractivity contribution is 5.79. The van der Waals surface area contributed by atoms with Gasteiger partial charge in [-0.3, -0.25) is 4.79 Å². The fourth-order valence-corrected chi connectivity index (χ4v) is 4.33. The number of terminal acetylenes is 1. The molecule has 0 spiro atoms. The standard InChI is InChI=1S/C16H26N2O/c1-5-12-6-14(19)18(9-12)11-16(4)8-13(17)7-15(2,3)10-16/h1,12-13H,6-11,17H2,2-4H3. The molecule has 3 heteroatoms. The molecule has 2 fully saturated rings. The number of nitrogens with zero attached hydrogens (tertiary/aromatic N) is 1. The third kappa shape index (κ3) is 3.30. The number of carbonyl (C=O) groups is 1. The lowest BCUT2D eigenvalue weighted by Gasteiger charge is -2.47. The number of hydrogen-bond donors (Lipinski definition) is 1. The van der Waals surface area contributed by atoms with E-state index in [0.29, 0.717) is 6.42 Å². The van der Waals surface area contributed by atoms with E-state index in [4.69, 9.17) is 12.2 Å². The van der Waals surface area contributed by atoms with Crippen molar-refractivity contribution in [2.75, 3.05) is 13.1 Å². The number of hydrogen-bond acceptors (Lipinski definition) is 2. The third-order valence-corrected chi connectivity index (χ3v) is 4.50. The summed E-state index contributed by atoms with van der Waals surface area (Å²) in [6, 6.07) is 0.245. The van der Waals surface area contributed by atoms with E-state index in [0.717, 1.165) is 32.4 Å². The predicted octanol–water partition coefficient (Wildman–Crippen LogP) is 2.01. The first kappa shape index (κ1) is 14.4. The van der Waals surface area contributed by atoms with Crippen molar-refractivity contribution in [2.45, 2.75) is 52.5 Å². The number of likely N-dealkylation sites (tertiary alicyclic amines) is 1. The monoisotopic (exact) mass is 262 g/mol. The molecule has 0 aromatic heterocycles. The Labute approximate surface area is 116 Å². The Morgan fingerprint density at radius 3 is 2.63 bits per heavy atom. The smallest absolute Gasteiger partial charge is 0.223 e. The van der Waals surface area contributed by atoms with Gasteiger partial charge in [0, 0.05) is 31.5 Å². The van der Waals surface area contributed by atoms with Crippen LogP contribution in [-0.4, -0.2) is 29.9 Å². The zero-order chi connectivity index (χ0) is 14.3. The quantitative estimate of drug-likeness (QED) is 0.774. The van der Waals surface area contributed by atoms with E-state index in [1.807, 2.05) is 4.90 Å². The molecule has 0 radical (unpaired) electrons. The number of amides is 1. The van der Waals surface area contributed by atoms with Crippen LogP contribution in [0.15, 0.2) is 0 Å². The first-order valence-corrected chi connectivity index (χ1v) is 7.23. The fraction of sp³-hybridized carbons (Fsp3) is 0.812. The molecule has 0 bridgehead atoms. The van der Waals surface area contributed by atoms with Crippen molar-refractivity contribution in [1.29, 1.82) is 0 Å². The second-order valence-electron chi connectivity index (χ2n) is 7.66. The zero-order valence-corrected chi connectivity index (χ0v) is 12.4. The molecule has 3 nitrogen and oxygen atoms in total. The predicted molar refractivity (Wildman–Crippen MR) is 77.2 cm³/mol. The van der Waals surface area contributed by atoms with Crippen molar-refractivity contribution in [3.63, 3.8) is 0 Å². The summed E-state index contributed by atoms with van der Waals surface area (Å²) in [6.07, 6.45) is 9.15. The number of rotatable bonds is 2. The summed E-state index contributed by atoms with van der Waals surface area (Å²) in [4.78, 5) is 14.0. The first-order chi connectivity index (χ1) is 8.73. The van der Waals surface area contributed by atoms with Crippen molar-refractivity contribution < 1.29 is 4.79 Å². The molecule has 3 unspecified atom stereocenters. The van der Waals surface area contributed by atoms with E-state index in [2.05, 4.69) is 26.7 Å². The Morgan fingerprint density at radius 2 is 2.11 bits per heavy atom. The van der Waals surface area contributed by atoms with Gasteiger partial charge in [0.15, 0.2) is 0 Å². The maximum Gasteiger partial charge on any atom is 0.223 e. The van der Waals surface area contributed by atoms with E-state index in [1.165, 1.54) is 0 Å². The lowest BCUT2D eigenvalue weighted by atomic mass is 9.62. The minimum atomic E-state index is 0.0985. The van der Waals surface area contributed by atoms with Gasteiger partial charge in [0.1, 0.15) is 0 Å². The molecular formula is C16H26N2O. The molecule has 0 aromatic carbocycles. The molecule has 3 atom stereocenters. The van der Waals surface area contributed by atoms with E-state index in [-0.39, 0.29) is 28.7 Å². The minimum Gasteiger partial charge on any atom is -0.341 e. The second-order valence-corrected chi connectivity index (χ2v) is 7.66.